The maximum Gasteiger partial charge on any atom is 0.328 e. The van der Waals surface area contributed by atoms with Gasteiger partial charge in [-0.05, 0) is 30.2 Å². The quantitative estimate of drug-likeness (QED) is 0.720. The molecule has 0 radical (unpaired) electrons. The number of carbonyl (C=O) groups is 1. The Morgan fingerprint density at radius 2 is 2.29 bits per heavy atom. The summed E-state index contributed by atoms with van der Waals surface area (Å²) in [5.41, 5.74) is 1.92. The van der Waals surface area contributed by atoms with Crippen molar-refractivity contribution in [3.8, 4) is 6.07 Å². The number of nitriles is 1. The molecule has 0 amide bonds. The maximum atomic E-state index is 10.4. The Labute approximate surface area is 81.9 Å². The first-order valence-corrected chi connectivity index (χ1v) is 4.05. The molecule has 0 aliphatic heterocycles. The lowest BCUT2D eigenvalue weighted by Crippen LogP contribution is -1.90. The molecule has 1 aromatic carbocycles. The molecular weight excluding hydrogens is 178 g/mol. The van der Waals surface area contributed by atoms with E-state index in [0.29, 0.717) is 11.1 Å². The normalized spacial score (nSPS) is 10.7. The van der Waals surface area contributed by atoms with Crippen molar-refractivity contribution in [1.82, 2.24) is 0 Å². The van der Waals surface area contributed by atoms with Crippen LogP contribution < -0.4 is 0 Å². The molecule has 0 heterocycles. The highest BCUT2D eigenvalue weighted by atomic mass is 16.4. The molecular formula is C11H9NO2. The Morgan fingerprint density at radius 1 is 1.57 bits per heavy atom. The second kappa shape index (κ2) is 4.24. The summed E-state index contributed by atoms with van der Waals surface area (Å²) in [5.74, 6) is -0.982. The predicted molar refractivity (Wildman–Crippen MR) is 52.4 cm³/mol. The summed E-state index contributed by atoms with van der Waals surface area (Å²) in [4.78, 5) is 10.4. The molecule has 0 saturated carbocycles. The van der Waals surface area contributed by atoms with Crippen LogP contribution in [0.4, 0.5) is 0 Å². The van der Waals surface area contributed by atoms with Gasteiger partial charge in [0.25, 0.3) is 0 Å². The van der Waals surface area contributed by atoms with Crippen molar-refractivity contribution < 1.29 is 9.90 Å². The smallest absolute Gasteiger partial charge is 0.328 e. The fraction of sp³-hybridized carbons (Fsp3) is 0.0909. The van der Waals surface area contributed by atoms with E-state index in [1.165, 1.54) is 0 Å². The van der Waals surface area contributed by atoms with Gasteiger partial charge in [0, 0.05) is 6.08 Å². The van der Waals surface area contributed by atoms with E-state index in [4.69, 9.17) is 10.4 Å². The van der Waals surface area contributed by atoms with Gasteiger partial charge in [-0.2, -0.15) is 5.26 Å². The van der Waals surface area contributed by atoms with Gasteiger partial charge in [0.2, 0.25) is 0 Å². The zero-order valence-electron chi connectivity index (χ0n) is 7.69. The molecule has 70 valence electrons. The van der Waals surface area contributed by atoms with Crippen molar-refractivity contribution in [2.45, 2.75) is 6.92 Å². The molecule has 1 N–H and O–H groups in total. The molecule has 0 aliphatic carbocycles. The molecule has 0 spiro atoms. The van der Waals surface area contributed by atoms with Gasteiger partial charge in [0.05, 0.1) is 11.6 Å². The molecule has 0 aromatic heterocycles. The lowest BCUT2D eigenvalue weighted by Gasteiger charge is -1.99. The van der Waals surface area contributed by atoms with Gasteiger partial charge in [0.1, 0.15) is 0 Å². The van der Waals surface area contributed by atoms with Crippen LogP contribution in [0.25, 0.3) is 5.57 Å². The van der Waals surface area contributed by atoms with Crippen LogP contribution in [0.5, 0.6) is 0 Å². The summed E-state index contributed by atoms with van der Waals surface area (Å²) in [5, 5.41) is 17.2. The summed E-state index contributed by atoms with van der Waals surface area (Å²) in [6.45, 7) is 1.70. The van der Waals surface area contributed by atoms with Crippen LogP contribution >= 0.6 is 0 Å². The molecule has 1 aromatic rings. The van der Waals surface area contributed by atoms with Crippen molar-refractivity contribution in [3.05, 3.63) is 41.5 Å². The second-order valence-corrected chi connectivity index (χ2v) is 2.86. The summed E-state index contributed by atoms with van der Waals surface area (Å²) in [6.07, 6.45) is 1.12. The van der Waals surface area contributed by atoms with E-state index in [0.717, 1.165) is 11.6 Å². The predicted octanol–water partition coefficient (Wildman–Crippen LogP) is 2.05. The summed E-state index contributed by atoms with van der Waals surface area (Å²) in [7, 11) is 0. The van der Waals surface area contributed by atoms with Gasteiger partial charge < -0.3 is 5.11 Å². The van der Waals surface area contributed by atoms with E-state index in [1.54, 1.807) is 31.2 Å². The first-order valence-electron chi connectivity index (χ1n) is 4.05. The molecule has 14 heavy (non-hydrogen) atoms. The van der Waals surface area contributed by atoms with E-state index in [1.807, 2.05) is 6.07 Å². The highest BCUT2D eigenvalue weighted by Crippen LogP contribution is 2.14. The number of carboxylic acid groups (broad SMARTS) is 1. The number of rotatable bonds is 2. The molecule has 1 rings (SSSR count). The van der Waals surface area contributed by atoms with Gasteiger partial charge in [-0.1, -0.05) is 12.1 Å². The zero-order chi connectivity index (χ0) is 10.6. The molecule has 0 aliphatic rings. The Bertz CT molecular complexity index is 427. The molecule has 0 saturated heterocycles. The molecule has 0 unspecified atom stereocenters. The van der Waals surface area contributed by atoms with E-state index in [9.17, 15) is 4.79 Å². The monoisotopic (exact) mass is 187 g/mol. The van der Waals surface area contributed by atoms with Crippen molar-refractivity contribution in [2.75, 3.05) is 0 Å². The van der Waals surface area contributed by atoms with Crippen LogP contribution in [0.3, 0.4) is 0 Å². The second-order valence-electron chi connectivity index (χ2n) is 2.86. The Morgan fingerprint density at radius 3 is 2.86 bits per heavy atom. The minimum Gasteiger partial charge on any atom is -0.478 e. The van der Waals surface area contributed by atoms with E-state index in [-0.39, 0.29) is 0 Å². The average Bonchev–Trinajstić information content (AvgIpc) is 2.17. The summed E-state index contributed by atoms with van der Waals surface area (Å²) >= 11 is 0. The van der Waals surface area contributed by atoms with E-state index < -0.39 is 5.97 Å². The maximum absolute atomic E-state index is 10.4. The van der Waals surface area contributed by atoms with Crippen LogP contribution in [-0.4, -0.2) is 11.1 Å². The number of aliphatic carboxylic acids is 1. The van der Waals surface area contributed by atoms with Gasteiger partial charge in [-0.25, -0.2) is 4.79 Å². The van der Waals surface area contributed by atoms with E-state index in [2.05, 4.69) is 0 Å². The highest BCUT2D eigenvalue weighted by Gasteiger charge is 1.99. The molecule has 3 nitrogen and oxygen atoms in total. The van der Waals surface area contributed by atoms with Crippen molar-refractivity contribution >= 4 is 11.5 Å². The van der Waals surface area contributed by atoms with Crippen LogP contribution in [-0.2, 0) is 4.79 Å². The molecule has 3 heteroatoms. The first-order chi connectivity index (χ1) is 6.63. The Balaban J connectivity index is 3.09. The van der Waals surface area contributed by atoms with Crippen LogP contribution in [0.2, 0.25) is 0 Å². The first kappa shape index (κ1) is 10.0. The van der Waals surface area contributed by atoms with Crippen LogP contribution in [0.1, 0.15) is 18.1 Å². The van der Waals surface area contributed by atoms with Crippen LogP contribution in [0.15, 0.2) is 30.3 Å². The third kappa shape index (κ3) is 2.46. The highest BCUT2D eigenvalue weighted by molar-refractivity contribution is 5.89. The van der Waals surface area contributed by atoms with Crippen LogP contribution in [0, 0.1) is 11.3 Å². The number of allylic oxidation sites excluding steroid dienone is 1. The number of carboxylic acids is 1. The van der Waals surface area contributed by atoms with E-state index >= 15 is 0 Å². The van der Waals surface area contributed by atoms with Crippen molar-refractivity contribution in [2.24, 2.45) is 0 Å². The number of hydrogen-bond donors (Lipinski definition) is 1. The minimum absolute atomic E-state index is 0.528. The number of benzene rings is 1. The summed E-state index contributed by atoms with van der Waals surface area (Å²) < 4.78 is 0. The van der Waals surface area contributed by atoms with Crippen molar-refractivity contribution in [3.63, 3.8) is 0 Å². The summed E-state index contributed by atoms with van der Waals surface area (Å²) in [6, 6.07) is 8.84. The van der Waals surface area contributed by atoms with Gasteiger partial charge in [0.15, 0.2) is 0 Å². The third-order valence-corrected chi connectivity index (χ3v) is 1.79. The lowest BCUT2D eigenvalue weighted by atomic mass is 10.0. The fourth-order valence-electron chi connectivity index (χ4n) is 1.10. The Kier molecular flexibility index (Phi) is 3.03. The molecule has 0 atom stereocenters. The standard InChI is InChI=1S/C11H9NO2/c1-8(5-11(13)14)10-4-2-3-9(6-10)7-12/h2-6H,1H3,(H,13,14). The van der Waals surface area contributed by atoms with Crippen molar-refractivity contribution in [1.29, 1.82) is 5.26 Å². The fourth-order valence-corrected chi connectivity index (χ4v) is 1.10. The van der Waals surface area contributed by atoms with Gasteiger partial charge >= 0.3 is 5.97 Å². The third-order valence-electron chi connectivity index (χ3n) is 1.79. The topological polar surface area (TPSA) is 61.1 Å². The zero-order valence-corrected chi connectivity index (χ0v) is 7.69. The van der Waals surface area contributed by atoms with Gasteiger partial charge in [-0.3, -0.25) is 0 Å². The molecule has 0 bridgehead atoms. The largest absolute Gasteiger partial charge is 0.478 e. The lowest BCUT2D eigenvalue weighted by molar-refractivity contribution is -0.131. The molecule has 0 fully saturated rings. The minimum atomic E-state index is -0.982. The number of hydrogen-bond acceptors (Lipinski definition) is 2. The Hall–Kier alpha value is -2.08. The number of nitrogens with zero attached hydrogens (tertiary/aromatic N) is 1. The average molecular weight is 187 g/mol. The van der Waals surface area contributed by atoms with Gasteiger partial charge in [-0.15, -0.1) is 0 Å². The SMILES string of the molecule is CC(=CC(=O)O)c1cccc(C#N)c1.